The lowest BCUT2D eigenvalue weighted by molar-refractivity contribution is -0.131. The molecule has 0 aromatic heterocycles. The molecule has 0 saturated carbocycles. The van der Waals surface area contributed by atoms with E-state index in [1.807, 2.05) is 42.5 Å². The summed E-state index contributed by atoms with van der Waals surface area (Å²) in [5.41, 5.74) is 1.91. The molecule has 5 nitrogen and oxygen atoms in total. The van der Waals surface area contributed by atoms with Gasteiger partial charge in [0.2, 0.25) is 0 Å². The van der Waals surface area contributed by atoms with Crippen LogP contribution in [0, 0.1) is 0 Å². The lowest BCUT2D eigenvalue weighted by Crippen LogP contribution is -1.88. The second-order valence-electron chi connectivity index (χ2n) is 4.39. The Hall–Kier alpha value is -2.96. The highest BCUT2D eigenvalue weighted by molar-refractivity contribution is 7.88. The van der Waals surface area contributed by atoms with E-state index in [4.69, 9.17) is 9.66 Å². The largest absolute Gasteiger partial charge is 0.478 e. The van der Waals surface area contributed by atoms with Gasteiger partial charge in [0, 0.05) is 6.08 Å². The van der Waals surface area contributed by atoms with E-state index in [0.29, 0.717) is 0 Å². The number of carboxylic acids is 1. The van der Waals surface area contributed by atoms with Crippen LogP contribution in [0.3, 0.4) is 0 Å². The van der Waals surface area contributed by atoms with Crippen molar-refractivity contribution in [1.82, 2.24) is 0 Å². The lowest BCUT2D eigenvalue weighted by Gasteiger charge is -1.89. The van der Waals surface area contributed by atoms with Gasteiger partial charge in [0.25, 0.3) is 10.1 Å². The Morgan fingerprint density at radius 3 is 1.56 bits per heavy atom. The second kappa shape index (κ2) is 12.5. The zero-order valence-corrected chi connectivity index (χ0v) is 14.3. The first kappa shape index (κ1) is 22.0. The normalized spacial score (nSPS) is 9.80. The highest BCUT2D eigenvalue weighted by Gasteiger charge is 1.94. The van der Waals surface area contributed by atoms with Crippen molar-refractivity contribution in [3.8, 4) is 0 Å². The van der Waals surface area contributed by atoms with Crippen LogP contribution in [0.5, 0.6) is 0 Å². The molecule has 0 unspecified atom stereocenters. The number of hydrogen-bond donors (Lipinski definition) is 2. The molecule has 25 heavy (non-hydrogen) atoms. The zero-order valence-electron chi connectivity index (χ0n) is 13.5. The average Bonchev–Trinajstić information content (AvgIpc) is 2.62. The van der Waals surface area contributed by atoms with Crippen molar-refractivity contribution < 1.29 is 22.9 Å². The van der Waals surface area contributed by atoms with Gasteiger partial charge >= 0.3 is 5.97 Å². The summed E-state index contributed by atoms with van der Waals surface area (Å²) in [4.78, 5) is 9.25. The van der Waals surface area contributed by atoms with Crippen molar-refractivity contribution in [3.05, 3.63) is 96.4 Å². The second-order valence-corrected chi connectivity index (χ2v) is 5.69. The molecule has 6 heteroatoms. The van der Waals surface area contributed by atoms with Gasteiger partial charge in [-0.25, -0.2) is 4.79 Å². The molecule has 0 bridgehead atoms. The van der Waals surface area contributed by atoms with Gasteiger partial charge in [-0.3, -0.25) is 4.55 Å². The van der Waals surface area contributed by atoms with Gasteiger partial charge in [0.15, 0.2) is 0 Å². The number of rotatable bonds is 4. The summed E-state index contributed by atoms with van der Waals surface area (Å²) in [7, 11) is -4.00. The van der Waals surface area contributed by atoms with Crippen molar-refractivity contribution in [2.24, 2.45) is 0 Å². The average molecular weight is 360 g/mol. The maximum atomic E-state index is 10.3. The van der Waals surface area contributed by atoms with Crippen LogP contribution in [0.1, 0.15) is 11.1 Å². The number of carbonyl (C=O) groups is 1. The standard InChI is InChI=1S/C8H8O3S.C8H8.C3H4O2/c9-12(10,11)7-6-8-4-2-1-3-5-8;1-2-8-6-4-3-5-7-8;1-2-3(4)5/h1-7H,(H,9,10,11);2-7H,1H2;2H,1H2,(H,4,5). The molecule has 0 aliphatic carbocycles. The van der Waals surface area contributed by atoms with E-state index in [0.717, 1.165) is 17.0 Å². The lowest BCUT2D eigenvalue weighted by atomic mass is 10.2. The summed E-state index contributed by atoms with van der Waals surface area (Å²) in [5.74, 6) is -0.981. The highest BCUT2D eigenvalue weighted by Crippen LogP contribution is 2.02. The van der Waals surface area contributed by atoms with E-state index in [1.54, 1.807) is 24.3 Å². The smallest absolute Gasteiger partial charge is 0.327 e. The Morgan fingerprint density at radius 2 is 1.28 bits per heavy atom. The molecule has 2 rings (SSSR count). The molecule has 0 aliphatic rings. The summed E-state index contributed by atoms with van der Waals surface area (Å²) in [6.07, 6.45) is 4.00. The van der Waals surface area contributed by atoms with Crippen LogP contribution >= 0.6 is 0 Å². The first-order valence-electron chi connectivity index (χ1n) is 7.02. The van der Waals surface area contributed by atoms with Crippen molar-refractivity contribution >= 4 is 28.2 Å². The molecule has 2 N–H and O–H groups in total. The third-order valence-electron chi connectivity index (χ3n) is 2.44. The third-order valence-corrected chi connectivity index (χ3v) is 2.92. The van der Waals surface area contributed by atoms with E-state index < -0.39 is 16.1 Å². The summed E-state index contributed by atoms with van der Waals surface area (Å²) in [6, 6.07) is 18.9. The summed E-state index contributed by atoms with van der Waals surface area (Å²) in [6.45, 7) is 6.59. The first-order valence-corrected chi connectivity index (χ1v) is 8.52. The maximum Gasteiger partial charge on any atom is 0.327 e. The quantitative estimate of drug-likeness (QED) is 0.632. The van der Waals surface area contributed by atoms with E-state index in [1.165, 1.54) is 11.6 Å². The minimum atomic E-state index is -4.00. The molecule has 0 amide bonds. The minimum Gasteiger partial charge on any atom is -0.478 e. The topological polar surface area (TPSA) is 91.7 Å². The Labute approximate surface area is 148 Å². The summed E-state index contributed by atoms with van der Waals surface area (Å²) >= 11 is 0. The molecule has 0 spiro atoms. The van der Waals surface area contributed by atoms with Gasteiger partial charge in [-0.2, -0.15) is 8.42 Å². The van der Waals surface area contributed by atoms with E-state index in [9.17, 15) is 13.2 Å². The molecule has 2 aromatic rings. The van der Waals surface area contributed by atoms with Crippen molar-refractivity contribution in [2.75, 3.05) is 0 Å². The van der Waals surface area contributed by atoms with Crippen LogP contribution < -0.4 is 0 Å². The van der Waals surface area contributed by atoms with Crippen LogP contribution in [0.25, 0.3) is 12.2 Å². The van der Waals surface area contributed by atoms with Crippen LogP contribution in [0.2, 0.25) is 0 Å². The van der Waals surface area contributed by atoms with E-state index >= 15 is 0 Å². The van der Waals surface area contributed by atoms with E-state index in [-0.39, 0.29) is 0 Å². The fourth-order valence-corrected chi connectivity index (χ4v) is 1.65. The Morgan fingerprint density at radius 1 is 0.880 bits per heavy atom. The molecule has 2 aromatic carbocycles. The summed E-state index contributed by atoms with van der Waals surface area (Å²) < 4.78 is 28.9. The number of aliphatic carboxylic acids is 1. The van der Waals surface area contributed by atoms with Gasteiger partial charge < -0.3 is 5.11 Å². The number of benzene rings is 2. The summed E-state index contributed by atoms with van der Waals surface area (Å²) in [5, 5.41) is 8.36. The highest BCUT2D eigenvalue weighted by atomic mass is 32.2. The van der Waals surface area contributed by atoms with Crippen LogP contribution in [0.4, 0.5) is 0 Å². The van der Waals surface area contributed by atoms with Crippen LogP contribution in [-0.4, -0.2) is 24.0 Å². The first-order chi connectivity index (χ1) is 11.8. The van der Waals surface area contributed by atoms with Gasteiger partial charge in [0.1, 0.15) is 0 Å². The van der Waals surface area contributed by atoms with Crippen LogP contribution in [0.15, 0.2) is 85.3 Å². The van der Waals surface area contributed by atoms with Crippen molar-refractivity contribution in [2.45, 2.75) is 0 Å². The van der Waals surface area contributed by atoms with Crippen LogP contribution in [-0.2, 0) is 14.9 Å². The zero-order chi connectivity index (χ0) is 19.1. The molecular formula is C19H20O5S. The molecule has 132 valence electrons. The fourth-order valence-electron chi connectivity index (χ4n) is 1.32. The van der Waals surface area contributed by atoms with Gasteiger partial charge in [-0.1, -0.05) is 79.9 Å². The van der Waals surface area contributed by atoms with Gasteiger partial charge in [-0.05, 0) is 17.2 Å². The predicted octanol–water partition coefficient (Wildman–Crippen LogP) is 4.13. The van der Waals surface area contributed by atoms with Gasteiger partial charge in [-0.15, -0.1) is 0 Å². The molecule has 0 fully saturated rings. The van der Waals surface area contributed by atoms with Crippen molar-refractivity contribution in [3.63, 3.8) is 0 Å². The fraction of sp³-hybridized carbons (Fsp3) is 0. The molecule has 0 saturated heterocycles. The third kappa shape index (κ3) is 14.4. The Bertz CT molecular complexity index is 779. The van der Waals surface area contributed by atoms with Gasteiger partial charge in [0.05, 0.1) is 5.41 Å². The monoisotopic (exact) mass is 360 g/mol. The molecular weight excluding hydrogens is 340 g/mol. The maximum absolute atomic E-state index is 10.3. The Balaban J connectivity index is 0.000000382. The molecule has 0 atom stereocenters. The SMILES string of the molecule is C=CC(=O)O.C=Cc1ccccc1.O=S(=O)(O)C=Cc1ccccc1. The molecule has 0 radical (unpaired) electrons. The number of hydrogen-bond acceptors (Lipinski definition) is 3. The minimum absolute atomic E-state index is 0.732. The predicted molar refractivity (Wildman–Crippen MR) is 101 cm³/mol. The van der Waals surface area contributed by atoms with Crippen molar-refractivity contribution in [1.29, 1.82) is 0 Å². The molecule has 0 aliphatic heterocycles. The Kier molecular flexibility index (Phi) is 11.0. The number of carboxylic acid groups (broad SMARTS) is 1. The molecule has 0 heterocycles. The van der Waals surface area contributed by atoms with E-state index in [2.05, 4.69) is 13.2 Å².